The fourth-order valence-electron chi connectivity index (χ4n) is 2.37. The van der Waals surface area contributed by atoms with E-state index in [0.29, 0.717) is 24.8 Å². The van der Waals surface area contributed by atoms with E-state index in [9.17, 15) is 14.7 Å². The Bertz CT molecular complexity index is 559. The summed E-state index contributed by atoms with van der Waals surface area (Å²) in [7, 11) is 2.03. The number of carboxylic acids is 1. The van der Waals surface area contributed by atoms with Gasteiger partial charge >= 0.3 is 12.0 Å². The lowest BCUT2D eigenvalue weighted by atomic mass is 10.1. The minimum absolute atomic E-state index is 0.116. The van der Waals surface area contributed by atoms with Gasteiger partial charge in [-0.3, -0.25) is 0 Å². The average molecular weight is 291 g/mol. The molecule has 1 fully saturated rings. The topological polar surface area (TPSA) is 72.9 Å². The monoisotopic (exact) mass is 291 g/mol. The molecule has 0 radical (unpaired) electrons. The molecular weight excluding hydrogens is 270 g/mol. The highest BCUT2D eigenvalue weighted by Crippen LogP contribution is 2.18. The molecule has 1 saturated heterocycles. The summed E-state index contributed by atoms with van der Waals surface area (Å²) in [6, 6.07) is 5.03. The van der Waals surface area contributed by atoms with Crippen LogP contribution in [0.2, 0.25) is 0 Å². The summed E-state index contributed by atoms with van der Waals surface area (Å²) < 4.78 is 0. The second-order valence-corrected chi connectivity index (χ2v) is 5.56. The molecule has 0 spiro atoms. The minimum atomic E-state index is -1.04. The van der Waals surface area contributed by atoms with Gasteiger partial charge in [0.1, 0.15) is 0 Å². The van der Waals surface area contributed by atoms with Gasteiger partial charge in [0.05, 0.1) is 11.3 Å². The largest absolute Gasteiger partial charge is 0.478 e. The molecule has 2 amide bonds. The van der Waals surface area contributed by atoms with E-state index in [4.69, 9.17) is 0 Å². The number of rotatable bonds is 2. The summed E-state index contributed by atoms with van der Waals surface area (Å²) in [5.41, 5.74) is 1.30. The second-order valence-electron chi connectivity index (χ2n) is 5.56. The number of urea groups is 1. The van der Waals surface area contributed by atoms with E-state index >= 15 is 0 Å². The van der Waals surface area contributed by atoms with Gasteiger partial charge in [-0.05, 0) is 33.0 Å². The van der Waals surface area contributed by atoms with Crippen LogP contribution in [-0.4, -0.2) is 59.6 Å². The van der Waals surface area contributed by atoms with E-state index in [1.54, 1.807) is 23.1 Å². The van der Waals surface area contributed by atoms with Crippen molar-refractivity contribution in [2.45, 2.75) is 19.9 Å². The first-order chi connectivity index (χ1) is 9.88. The van der Waals surface area contributed by atoms with E-state index in [1.807, 2.05) is 14.0 Å². The Labute approximate surface area is 124 Å². The first-order valence-electron chi connectivity index (χ1n) is 6.98. The number of piperazine rings is 1. The van der Waals surface area contributed by atoms with Gasteiger partial charge in [0.15, 0.2) is 0 Å². The molecule has 6 heteroatoms. The van der Waals surface area contributed by atoms with Crippen molar-refractivity contribution in [3.8, 4) is 0 Å². The zero-order chi connectivity index (χ0) is 15.6. The maximum absolute atomic E-state index is 12.3. The number of hydrogen-bond donors (Lipinski definition) is 2. The summed E-state index contributed by atoms with van der Waals surface area (Å²) in [6.45, 7) is 5.97. The Balaban J connectivity index is 2.11. The molecule has 1 atom stereocenters. The highest BCUT2D eigenvalue weighted by atomic mass is 16.4. The molecule has 1 aromatic rings. The number of nitrogens with zero attached hydrogens (tertiary/aromatic N) is 2. The zero-order valence-corrected chi connectivity index (χ0v) is 12.6. The standard InChI is InChI=1S/C15H21N3O3/c1-10-4-5-13(12(8-10)14(19)20)16-15(21)18-7-6-17(3)11(2)9-18/h4-5,8,11H,6-7,9H2,1-3H3,(H,16,21)(H,19,20). The Kier molecular flexibility index (Phi) is 4.47. The van der Waals surface area contributed by atoms with E-state index in [1.165, 1.54) is 0 Å². The summed E-state index contributed by atoms with van der Waals surface area (Å²) in [6.07, 6.45) is 0. The van der Waals surface area contributed by atoms with Crippen LogP contribution in [0.15, 0.2) is 18.2 Å². The van der Waals surface area contributed by atoms with Crippen molar-refractivity contribution >= 4 is 17.7 Å². The number of carbonyl (C=O) groups excluding carboxylic acids is 1. The molecule has 6 nitrogen and oxygen atoms in total. The molecule has 2 N–H and O–H groups in total. The molecule has 1 unspecified atom stereocenters. The maximum atomic E-state index is 12.3. The lowest BCUT2D eigenvalue weighted by Crippen LogP contribution is -2.53. The lowest BCUT2D eigenvalue weighted by molar-refractivity contribution is 0.0698. The van der Waals surface area contributed by atoms with Gasteiger partial charge in [0, 0.05) is 25.7 Å². The molecule has 0 saturated carbocycles. The van der Waals surface area contributed by atoms with E-state index in [0.717, 1.165) is 12.1 Å². The van der Waals surface area contributed by atoms with Crippen molar-refractivity contribution < 1.29 is 14.7 Å². The Hall–Kier alpha value is -2.08. The fraction of sp³-hybridized carbons (Fsp3) is 0.467. The summed E-state index contributed by atoms with van der Waals surface area (Å²) in [5.74, 6) is -1.04. The number of aromatic carboxylic acids is 1. The molecule has 1 aromatic carbocycles. The smallest absolute Gasteiger partial charge is 0.337 e. The average Bonchev–Trinajstić information content (AvgIpc) is 2.43. The van der Waals surface area contributed by atoms with Gasteiger partial charge in [0.25, 0.3) is 0 Å². The highest BCUT2D eigenvalue weighted by Gasteiger charge is 2.25. The van der Waals surface area contributed by atoms with Crippen LogP contribution in [0.3, 0.4) is 0 Å². The molecule has 1 aliphatic heterocycles. The molecule has 114 valence electrons. The van der Waals surface area contributed by atoms with Gasteiger partial charge in [-0.1, -0.05) is 11.6 Å². The van der Waals surface area contributed by atoms with Crippen LogP contribution in [-0.2, 0) is 0 Å². The molecule has 0 aromatic heterocycles. The van der Waals surface area contributed by atoms with Crippen LogP contribution < -0.4 is 5.32 Å². The number of carbonyl (C=O) groups is 2. The third kappa shape index (κ3) is 3.52. The third-order valence-electron chi connectivity index (χ3n) is 3.89. The zero-order valence-electron chi connectivity index (χ0n) is 12.6. The predicted octanol–water partition coefficient (Wildman–Crippen LogP) is 1.86. The Morgan fingerprint density at radius 3 is 2.67 bits per heavy atom. The Morgan fingerprint density at radius 1 is 1.33 bits per heavy atom. The summed E-state index contributed by atoms with van der Waals surface area (Å²) >= 11 is 0. The van der Waals surface area contributed by atoms with Crippen molar-refractivity contribution in [3.63, 3.8) is 0 Å². The minimum Gasteiger partial charge on any atom is -0.478 e. The second kappa shape index (κ2) is 6.13. The number of hydrogen-bond acceptors (Lipinski definition) is 3. The van der Waals surface area contributed by atoms with Crippen LogP contribution in [0.4, 0.5) is 10.5 Å². The molecular formula is C15H21N3O3. The van der Waals surface area contributed by atoms with Crippen LogP contribution in [0, 0.1) is 6.92 Å². The Morgan fingerprint density at radius 2 is 2.05 bits per heavy atom. The van der Waals surface area contributed by atoms with Crippen LogP contribution >= 0.6 is 0 Å². The van der Waals surface area contributed by atoms with Gasteiger partial charge in [-0.25, -0.2) is 9.59 Å². The summed E-state index contributed by atoms with van der Waals surface area (Å²) in [4.78, 5) is 27.4. The number of anilines is 1. The van der Waals surface area contributed by atoms with Gasteiger partial charge in [-0.2, -0.15) is 0 Å². The molecule has 21 heavy (non-hydrogen) atoms. The number of nitrogens with one attached hydrogen (secondary N) is 1. The maximum Gasteiger partial charge on any atom is 0.337 e. The van der Waals surface area contributed by atoms with Gasteiger partial charge in [-0.15, -0.1) is 0 Å². The van der Waals surface area contributed by atoms with Crippen molar-refractivity contribution in [2.24, 2.45) is 0 Å². The normalized spacial score (nSPS) is 19.4. The summed E-state index contributed by atoms with van der Waals surface area (Å²) in [5, 5.41) is 11.9. The van der Waals surface area contributed by atoms with Crippen molar-refractivity contribution in [1.82, 2.24) is 9.80 Å². The van der Waals surface area contributed by atoms with Crippen molar-refractivity contribution in [1.29, 1.82) is 0 Å². The number of carboxylic acid groups (broad SMARTS) is 1. The number of amides is 2. The van der Waals surface area contributed by atoms with E-state index in [-0.39, 0.29) is 11.6 Å². The van der Waals surface area contributed by atoms with Crippen molar-refractivity contribution in [2.75, 3.05) is 32.0 Å². The molecule has 1 heterocycles. The van der Waals surface area contributed by atoms with Gasteiger partial charge < -0.3 is 20.2 Å². The number of benzene rings is 1. The highest BCUT2D eigenvalue weighted by molar-refractivity contribution is 6.00. The number of likely N-dealkylation sites (N-methyl/N-ethyl adjacent to an activating group) is 1. The van der Waals surface area contributed by atoms with Gasteiger partial charge in [0.2, 0.25) is 0 Å². The molecule has 0 bridgehead atoms. The van der Waals surface area contributed by atoms with E-state index < -0.39 is 5.97 Å². The third-order valence-corrected chi connectivity index (χ3v) is 3.89. The van der Waals surface area contributed by atoms with E-state index in [2.05, 4.69) is 17.1 Å². The van der Waals surface area contributed by atoms with Crippen molar-refractivity contribution in [3.05, 3.63) is 29.3 Å². The lowest BCUT2D eigenvalue weighted by Gasteiger charge is -2.37. The predicted molar refractivity (Wildman–Crippen MR) is 80.8 cm³/mol. The first kappa shape index (κ1) is 15.3. The molecule has 2 rings (SSSR count). The molecule has 0 aliphatic carbocycles. The number of aryl methyl sites for hydroxylation is 1. The molecule has 1 aliphatic rings. The quantitative estimate of drug-likeness (QED) is 0.872. The van der Waals surface area contributed by atoms with Crippen LogP contribution in [0.5, 0.6) is 0 Å². The van der Waals surface area contributed by atoms with Crippen LogP contribution in [0.25, 0.3) is 0 Å². The fourth-order valence-corrected chi connectivity index (χ4v) is 2.37. The first-order valence-corrected chi connectivity index (χ1v) is 6.98. The SMILES string of the molecule is Cc1ccc(NC(=O)N2CCN(C)C(C)C2)c(C(=O)O)c1. The van der Waals surface area contributed by atoms with Crippen LogP contribution in [0.1, 0.15) is 22.8 Å².